The Morgan fingerprint density at radius 3 is 2.75 bits per heavy atom. The number of nitrogens with zero attached hydrogens (tertiary/aromatic N) is 6. The van der Waals surface area contributed by atoms with Crippen molar-refractivity contribution in [3.8, 4) is 5.13 Å². The lowest BCUT2D eigenvalue weighted by molar-refractivity contribution is -0.124. The van der Waals surface area contributed by atoms with Crippen LogP contribution >= 0.6 is 11.3 Å². The van der Waals surface area contributed by atoms with Crippen molar-refractivity contribution in [2.45, 2.75) is 39.7 Å². The lowest BCUT2D eigenvalue weighted by Crippen LogP contribution is -2.54. The Bertz CT molecular complexity index is 1430. The topological polar surface area (TPSA) is 133 Å². The number of amides is 1. The monoisotopic (exact) mass is 509 g/mol. The van der Waals surface area contributed by atoms with Crippen molar-refractivity contribution >= 4 is 45.9 Å². The molecule has 188 valence electrons. The van der Waals surface area contributed by atoms with Gasteiger partial charge in [0, 0.05) is 43.8 Å². The van der Waals surface area contributed by atoms with Gasteiger partial charge in [0.2, 0.25) is 11.3 Å². The molecule has 2 aliphatic rings. The number of carboxylic acids is 1. The van der Waals surface area contributed by atoms with Gasteiger partial charge in [-0.25, -0.2) is 14.8 Å². The Morgan fingerprint density at radius 2 is 2.08 bits per heavy atom. The SMILES string of the molecule is CCCN1N=C(NC(=O)C2CN(c3cc(C)c4c(=O)c(C(=O)O)cn(-c5nccs5)c4n3)C2)CC1C. The first-order valence-corrected chi connectivity index (χ1v) is 12.7. The molecule has 1 saturated heterocycles. The predicted octanol–water partition coefficient (Wildman–Crippen LogP) is 2.22. The Balaban J connectivity index is 1.39. The zero-order valence-corrected chi connectivity index (χ0v) is 21.1. The van der Waals surface area contributed by atoms with E-state index in [2.05, 4.69) is 29.2 Å². The number of aromatic nitrogens is 3. The summed E-state index contributed by atoms with van der Waals surface area (Å²) < 4.78 is 1.55. The van der Waals surface area contributed by atoms with Crippen LogP contribution in [0.25, 0.3) is 16.2 Å². The van der Waals surface area contributed by atoms with E-state index in [1.165, 1.54) is 17.5 Å². The number of anilines is 1. The molecule has 3 aromatic rings. The van der Waals surface area contributed by atoms with Crippen LogP contribution in [-0.2, 0) is 4.79 Å². The Morgan fingerprint density at radius 1 is 1.31 bits per heavy atom. The molecule has 2 N–H and O–H groups in total. The van der Waals surface area contributed by atoms with E-state index in [0.29, 0.717) is 41.1 Å². The van der Waals surface area contributed by atoms with E-state index in [-0.39, 0.29) is 28.8 Å². The summed E-state index contributed by atoms with van der Waals surface area (Å²) in [6.45, 7) is 7.80. The predicted molar refractivity (Wildman–Crippen MR) is 137 cm³/mol. The van der Waals surface area contributed by atoms with Gasteiger partial charge in [-0.15, -0.1) is 11.3 Å². The minimum Gasteiger partial charge on any atom is -0.477 e. The number of hydrogen-bond donors (Lipinski definition) is 2. The highest BCUT2D eigenvalue weighted by Crippen LogP contribution is 2.28. The molecule has 12 heteroatoms. The van der Waals surface area contributed by atoms with Crippen LogP contribution in [0.3, 0.4) is 0 Å². The molecule has 0 spiro atoms. The third-order valence-corrected chi connectivity index (χ3v) is 7.31. The molecule has 1 atom stereocenters. The molecule has 1 amide bonds. The first-order valence-electron chi connectivity index (χ1n) is 11.9. The first-order chi connectivity index (χ1) is 17.3. The number of carbonyl (C=O) groups excluding carboxylic acids is 1. The summed E-state index contributed by atoms with van der Waals surface area (Å²) >= 11 is 1.32. The summed E-state index contributed by atoms with van der Waals surface area (Å²) in [5, 5.41) is 21.6. The van der Waals surface area contributed by atoms with Crippen molar-refractivity contribution in [3.63, 3.8) is 0 Å². The summed E-state index contributed by atoms with van der Waals surface area (Å²) in [6, 6.07) is 2.04. The summed E-state index contributed by atoms with van der Waals surface area (Å²) in [6.07, 6.45) is 4.61. The molecule has 3 aromatic heterocycles. The van der Waals surface area contributed by atoms with Gasteiger partial charge in [-0.2, -0.15) is 5.10 Å². The number of pyridine rings is 2. The van der Waals surface area contributed by atoms with Gasteiger partial charge < -0.3 is 15.3 Å². The molecular formula is C24H27N7O4S. The molecular weight excluding hydrogens is 482 g/mol. The van der Waals surface area contributed by atoms with Crippen molar-refractivity contribution in [2.24, 2.45) is 11.0 Å². The molecule has 1 fully saturated rings. The zero-order chi connectivity index (χ0) is 25.6. The number of nitrogens with one attached hydrogen (secondary N) is 1. The fourth-order valence-electron chi connectivity index (χ4n) is 4.60. The molecule has 0 aromatic carbocycles. The molecule has 36 heavy (non-hydrogen) atoms. The normalized spacial score (nSPS) is 17.9. The fraction of sp³-hybridized carbons (Fsp3) is 0.417. The molecule has 1 unspecified atom stereocenters. The number of carbonyl (C=O) groups is 2. The second-order valence-corrected chi connectivity index (χ2v) is 10.1. The average molecular weight is 510 g/mol. The maximum Gasteiger partial charge on any atom is 0.341 e. The van der Waals surface area contributed by atoms with Gasteiger partial charge in [0.1, 0.15) is 17.2 Å². The first kappa shape index (κ1) is 23.9. The van der Waals surface area contributed by atoms with Gasteiger partial charge in [0.25, 0.3) is 0 Å². The van der Waals surface area contributed by atoms with Crippen LogP contribution in [0.2, 0.25) is 0 Å². The molecule has 0 bridgehead atoms. The molecule has 5 heterocycles. The van der Waals surface area contributed by atoms with E-state index in [1.54, 1.807) is 29.1 Å². The lowest BCUT2D eigenvalue weighted by Gasteiger charge is -2.39. The van der Waals surface area contributed by atoms with Crippen molar-refractivity contribution < 1.29 is 14.7 Å². The van der Waals surface area contributed by atoms with Crippen LogP contribution in [0.15, 0.2) is 33.7 Å². The van der Waals surface area contributed by atoms with Crippen LogP contribution in [0, 0.1) is 12.8 Å². The van der Waals surface area contributed by atoms with Gasteiger partial charge in [-0.3, -0.25) is 19.2 Å². The second kappa shape index (κ2) is 9.34. The maximum absolute atomic E-state index is 12.9. The van der Waals surface area contributed by atoms with Crippen LogP contribution in [0.5, 0.6) is 0 Å². The maximum atomic E-state index is 12.9. The Kier molecular flexibility index (Phi) is 6.20. The van der Waals surface area contributed by atoms with Crippen LogP contribution in [-0.4, -0.2) is 68.0 Å². The minimum atomic E-state index is -1.30. The molecule has 0 radical (unpaired) electrons. The molecule has 5 rings (SSSR count). The van der Waals surface area contributed by atoms with Crippen molar-refractivity contribution in [3.05, 3.63) is 45.2 Å². The third-order valence-electron chi connectivity index (χ3n) is 6.54. The lowest BCUT2D eigenvalue weighted by atomic mass is 9.98. The molecule has 0 aliphatic carbocycles. The number of hydrogen-bond acceptors (Lipinski definition) is 9. The van der Waals surface area contributed by atoms with Gasteiger partial charge in [0.05, 0.1) is 17.3 Å². The number of aryl methyl sites for hydroxylation is 1. The number of hydrazone groups is 1. The van der Waals surface area contributed by atoms with E-state index >= 15 is 0 Å². The van der Waals surface area contributed by atoms with Crippen LogP contribution < -0.4 is 15.6 Å². The summed E-state index contributed by atoms with van der Waals surface area (Å²) in [4.78, 5) is 48.4. The smallest absolute Gasteiger partial charge is 0.341 e. The number of thiazole rings is 1. The van der Waals surface area contributed by atoms with E-state index in [0.717, 1.165) is 19.4 Å². The summed E-state index contributed by atoms with van der Waals surface area (Å²) in [7, 11) is 0. The van der Waals surface area contributed by atoms with Crippen LogP contribution in [0.4, 0.5) is 5.82 Å². The summed E-state index contributed by atoms with van der Waals surface area (Å²) in [5.74, 6) is -0.222. The van der Waals surface area contributed by atoms with Crippen LogP contribution in [0.1, 0.15) is 42.6 Å². The standard InChI is InChI=1S/C24H27N7O4S/c1-4-6-31-14(3)9-17(28-31)26-22(33)15-10-29(11-15)18-8-13(2)19-20(32)16(23(34)35)12-30(21(19)27-18)24-25-5-7-36-24/h5,7-8,12,14-15H,4,6,9-11H2,1-3H3,(H,34,35)(H,26,28,33). The Hall–Kier alpha value is -3.80. The van der Waals surface area contributed by atoms with E-state index in [1.807, 2.05) is 9.91 Å². The number of carboxylic acid groups (broad SMARTS) is 1. The molecule has 11 nitrogen and oxygen atoms in total. The third kappa shape index (κ3) is 4.21. The van der Waals surface area contributed by atoms with Gasteiger partial charge in [-0.05, 0) is 31.9 Å². The minimum absolute atomic E-state index is 0.0566. The highest BCUT2D eigenvalue weighted by molar-refractivity contribution is 7.12. The number of fused-ring (bicyclic) bond motifs is 1. The molecule has 2 aliphatic heterocycles. The quantitative estimate of drug-likeness (QED) is 0.517. The van der Waals surface area contributed by atoms with Crippen molar-refractivity contribution in [1.29, 1.82) is 0 Å². The number of rotatable bonds is 6. The number of amidine groups is 1. The van der Waals surface area contributed by atoms with Gasteiger partial charge in [0.15, 0.2) is 10.8 Å². The zero-order valence-electron chi connectivity index (χ0n) is 20.3. The van der Waals surface area contributed by atoms with Crippen molar-refractivity contribution in [1.82, 2.24) is 24.9 Å². The van der Waals surface area contributed by atoms with Crippen molar-refractivity contribution in [2.75, 3.05) is 24.5 Å². The fourth-order valence-corrected chi connectivity index (χ4v) is 5.22. The summed E-state index contributed by atoms with van der Waals surface area (Å²) in [5.41, 5.74) is 0.0453. The Labute approximate surface area is 211 Å². The van der Waals surface area contributed by atoms with E-state index in [9.17, 15) is 19.5 Å². The van der Waals surface area contributed by atoms with E-state index in [4.69, 9.17) is 4.98 Å². The highest BCUT2D eigenvalue weighted by Gasteiger charge is 2.35. The number of aromatic carboxylic acids is 1. The van der Waals surface area contributed by atoms with E-state index < -0.39 is 11.4 Å². The van der Waals surface area contributed by atoms with Gasteiger partial charge >= 0.3 is 5.97 Å². The van der Waals surface area contributed by atoms with Gasteiger partial charge in [-0.1, -0.05) is 6.92 Å². The highest BCUT2D eigenvalue weighted by atomic mass is 32.1. The average Bonchev–Trinajstić information content (AvgIpc) is 3.43. The largest absolute Gasteiger partial charge is 0.477 e. The second-order valence-electron chi connectivity index (χ2n) is 9.21. The molecule has 0 saturated carbocycles.